The van der Waals surface area contributed by atoms with E-state index in [9.17, 15) is 0 Å². The second-order valence-electron chi connectivity index (χ2n) is 6.07. The van der Waals surface area contributed by atoms with Crippen LogP contribution in [0.15, 0.2) is 0 Å². The van der Waals surface area contributed by atoms with Crippen molar-refractivity contribution in [2.45, 2.75) is 70.9 Å². The SMILES string of the molecule is CCNC1CCCN(C2CCCCCC2C)C1. The highest BCUT2D eigenvalue weighted by Gasteiger charge is 2.29. The minimum atomic E-state index is 0.754. The molecule has 2 aliphatic rings. The monoisotopic (exact) mass is 238 g/mol. The molecule has 1 aliphatic carbocycles. The van der Waals surface area contributed by atoms with Gasteiger partial charge in [0.25, 0.3) is 0 Å². The van der Waals surface area contributed by atoms with Crippen molar-refractivity contribution < 1.29 is 0 Å². The van der Waals surface area contributed by atoms with E-state index in [4.69, 9.17) is 0 Å². The van der Waals surface area contributed by atoms with Crippen LogP contribution in [0.4, 0.5) is 0 Å². The van der Waals surface area contributed by atoms with Gasteiger partial charge in [-0.15, -0.1) is 0 Å². The molecule has 2 fully saturated rings. The first-order valence-electron chi connectivity index (χ1n) is 7.78. The Morgan fingerprint density at radius 1 is 1.06 bits per heavy atom. The van der Waals surface area contributed by atoms with E-state index in [-0.39, 0.29) is 0 Å². The van der Waals surface area contributed by atoms with Crippen LogP contribution in [0.1, 0.15) is 58.8 Å². The van der Waals surface area contributed by atoms with Crippen LogP contribution in [-0.2, 0) is 0 Å². The van der Waals surface area contributed by atoms with Gasteiger partial charge >= 0.3 is 0 Å². The quantitative estimate of drug-likeness (QED) is 0.760. The van der Waals surface area contributed by atoms with E-state index in [0.29, 0.717) is 0 Å². The van der Waals surface area contributed by atoms with Gasteiger partial charge in [-0.05, 0) is 44.7 Å². The molecule has 2 nitrogen and oxygen atoms in total. The van der Waals surface area contributed by atoms with E-state index in [1.807, 2.05) is 0 Å². The van der Waals surface area contributed by atoms with Gasteiger partial charge in [-0.25, -0.2) is 0 Å². The summed E-state index contributed by atoms with van der Waals surface area (Å²) in [6.07, 6.45) is 10.0. The third-order valence-electron chi connectivity index (χ3n) is 4.73. The van der Waals surface area contributed by atoms with Gasteiger partial charge in [0, 0.05) is 18.6 Å². The standard InChI is InChI=1S/C15H30N2/c1-3-16-14-9-7-11-17(12-14)15-10-6-4-5-8-13(15)2/h13-16H,3-12H2,1-2H3. The van der Waals surface area contributed by atoms with Crippen molar-refractivity contribution >= 4 is 0 Å². The number of likely N-dealkylation sites (N-methyl/N-ethyl adjacent to an activating group) is 1. The highest BCUT2D eigenvalue weighted by Crippen LogP contribution is 2.28. The minimum absolute atomic E-state index is 0.754. The highest BCUT2D eigenvalue weighted by molar-refractivity contribution is 4.86. The summed E-state index contributed by atoms with van der Waals surface area (Å²) in [5.74, 6) is 0.915. The molecule has 2 rings (SSSR count). The molecule has 1 heterocycles. The smallest absolute Gasteiger partial charge is 0.0195 e. The van der Waals surface area contributed by atoms with E-state index in [1.54, 1.807) is 0 Å². The summed E-state index contributed by atoms with van der Waals surface area (Å²) >= 11 is 0. The third-order valence-corrected chi connectivity index (χ3v) is 4.73. The Bertz CT molecular complexity index is 215. The summed E-state index contributed by atoms with van der Waals surface area (Å²) in [4.78, 5) is 2.80. The van der Waals surface area contributed by atoms with Gasteiger partial charge in [0.15, 0.2) is 0 Å². The molecule has 0 aromatic heterocycles. The Balaban J connectivity index is 1.90. The van der Waals surface area contributed by atoms with Crippen LogP contribution in [0.5, 0.6) is 0 Å². The van der Waals surface area contributed by atoms with Crippen LogP contribution in [0, 0.1) is 5.92 Å². The van der Waals surface area contributed by atoms with Gasteiger partial charge < -0.3 is 5.32 Å². The Morgan fingerprint density at radius 2 is 1.88 bits per heavy atom. The van der Waals surface area contributed by atoms with Gasteiger partial charge in [0.2, 0.25) is 0 Å². The number of hydrogen-bond acceptors (Lipinski definition) is 2. The lowest BCUT2D eigenvalue weighted by atomic mass is 9.92. The normalized spacial score (nSPS) is 36.7. The van der Waals surface area contributed by atoms with Gasteiger partial charge in [-0.1, -0.05) is 33.1 Å². The highest BCUT2D eigenvalue weighted by atomic mass is 15.2. The number of nitrogens with zero attached hydrogens (tertiary/aromatic N) is 1. The fourth-order valence-corrected chi connectivity index (χ4v) is 3.78. The second kappa shape index (κ2) is 6.75. The Morgan fingerprint density at radius 3 is 2.71 bits per heavy atom. The van der Waals surface area contributed by atoms with Crippen molar-refractivity contribution in [3.63, 3.8) is 0 Å². The molecule has 2 heteroatoms. The molecule has 0 aromatic rings. The number of piperidine rings is 1. The predicted octanol–water partition coefficient (Wildman–Crippen LogP) is 3.03. The topological polar surface area (TPSA) is 15.3 Å². The van der Waals surface area contributed by atoms with Crippen molar-refractivity contribution in [3.05, 3.63) is 0 Å². The third kappa shape index (κ3) is 3.69. The molecular weight excluding hydrogens is 208 g/mol. The van der Waals surface area contributed by atoms with Crippen molar-refractivity contribution in [3.8, 4) is 0 Å². The minimum Gasteiger partial charge on any atom is -0.313 e. The number of nitrogens with one attached hydrogen (secondary N) is 1. The summed E-state index contributed by atoms with van der Waals surface area (Å²) in [6.45, 7) is 8.47. The lowest BCUT2D eigenvalue weighted by molar-refractivity contribution is 0.0979. The zero-order chi connectivity index (χ0) is 12.1. The Hall–Kier alpha value is -0.0800. The molecule has 1 N–H and O–H groups in total. The van der Waals surface area contributed by atoms with E-state index in [2.05, 4.69) is 24.1 Å². The molecule has 1 saturated carbocycles. The summed E-state index contributed by atoms with van der Waals surface area (Å²) in [6, 6.07) is 1.63. The average molecular weight is 238 g/mol. The lowest BCUT2D eigenvalue weighted by Crippen LogP contribution is -2.51. The van der Waals surface area contributed by atoms with Crippen molar-refractivity contribution in [2.75, 3.05) is 19.6 Å². The van der Waals surface area contributed by atoms with Crippen LogP contribution in [0.2, 0.25) is 0 Å². The molecule has 3 atom stereocenters. The lowest BCUT2D eigenvalue weighted by Gasteiger charge is -2.40. The summed E-state index contributed by atoms with van der Waals surface area (Å²) < 4.78 is 0. The summed E-state index contributed by atoms with van der Waals surface area (Å²) in [5, 5.41) is 3.64. The Kier molecular flexibility index (Phi) is 5.30. The van der Waals surface area contributed by atoms with Crippen LogP contribution in [0.3, 0.4) is 0 Å². The van der Waals surface area contributed by atoms with Crippen LogP contribution < -0.4 is 5.32 Å². The molecule has 100 valence electrons. The molecule has 0 radical (unpaired) electrons. The fraction of sp³-hybridized carbons (Fsp3) is 1.00. The van der Waals surface area contributed by atoms with Crippen molar-refractivity contribution in [1.29, 1.82) is 0 Å². The molecular formula is C15H30N2. The largest absolute Gasteiger partial charge is 0.313 e. The number of likely N-dealkylation sites (tertiary alicyclic amines) is 1. The maximum Gasteiger partial charge on any atom is 0.0195 e. The first-order chi connectivity index (χ1) is 8.31. The predicted molar refractivity (Wildman–Crippen MR) is 74.3 cm³/mol. The van der Waals surface area contributed by atoms with E-state index in [1.165, 1.54) is 58.0 Å². The molecule has 1 aliphatic heterocycles. The van der Waals surface area contributed by atoms with Gasteiger partial charge in [0.1, 0.15) is 0 Å². The van der Waals surface area contributed by atoms with E-state index < -0.39 is 0 Å². The number of rotatable bonds is 3. The molecule has 0 bridgehead atoms. The maximum absolute atomic E-state index is 3.64. The van der Waals surface area contributed by atoms with E-state index in [0.717, 1.165) is 24.5 Å². The molecule has 3 unspecified atom stereocenters. The van der Waals surface area contributed by atoms with Gasteiger partial charge in [-0.2, -0.15) is 0 Å². The van der Waals surface area contributed by atoms with Crippen molar-refractivity contribution in [1.82, 2.24) is 10.2 Å². The molecule has 0 spiro atoms. The van der Waals surface area contributed by atoms with Gasteiger partial charge in [-0.3, -0.25) is 4.90 Å². The average Bonchev–Trinajstić information content (AvgIpc) is 2.55. The fourth-order valence-electron chi connectivity index (χ4n) is 3.78. The molecule has 0 amide bonds. The van der Waals surface area contributed by atoms with Crippen LogP contribution >= 0.6 is 0 Å². The zero-order valence-corrected chi connectivity index (χ0v) is 11.8. The summed E-state index contributed by atoms with van der Waals surface area (Å²) in [7, 11) is 0. The van der Waals surface area contributed by atoms with Crippen LogP contribution in [-0.4, -0.2) is 36.6 Å². The van der Waals surface area contributed by atoms with Gasteiger partial charge in [0.05, 0.1) is 0 Å². The first-order valence-corrected chi connectivity index (χ1v) is 7.78. The second-order valence-corrected chi connectivity index (χ2v) is 6.07. The molecule has 1 saturated heterocycles. The maximum atomic E-state index is 3.64. The van der Waals surface area contributed by atoms with E-state index >= 15 is 0 Å². The van der Waals surface area contributed by atoms with Crippen molar-refractivity contribution in [2.24, 2.45) is 5.92 Å². The number of hydrogen-bond donors (Lipinski definition) is 1. The zero-order valence-electron chi connectivity index (χ0n) is 11.8. The molecule has 0 aromatic carbocycles. The molecule has 17 heavy (non-hydrogen) atoms. The Labute approximate surface area is 107 Å². The first kappa shape index (κ1) is 13.4. The van der Waals surface area contributed by atoms with Crippen LogP contribution in [0.25, 0.3) is 0 Å². The summed E-state index contributed by atoms with van der Waals surface area (Å²) in [5.41, 5.74) is 0.